The van der Waals surface area contributed by atoms with Crippen molar-refractivity contribution in [3.8, 4) is 5.75 Å². The van der Waals surface area contributed by atoms with Crippen molar-refractivity contribution in [1.82, 2.24) is 0 Å². The average Bonchev–Trinajstić information content (AvgIpc) is 1.99. The molecular weight excluding hydrogens is 275 g/mol. The van der Waals surface area contributed by atoms with E-state index in [0.717, 1.165) is 15.8 Å². The van der Waals surface area contributed by atoms with Crippen LogP contribution in [0.25, 0.3) is 0 Å². The summed E-state index contributed by atoms with van der Waals surface area (Å²) in [5, 5.41) is 0. The molecule has 0 N–H and O–H groups in total. The van der Waals surface area contributed by atoms with Gasteiger partial charge in [0.25, 0.3) is 0 Å². The number of benzene rings is 1. The van der Waals surface area contributed by atoms with E-state index in [1.807, 2.05) is 25.1 Å². The molecule has 0 amide bonds. The molecular formula is C11H16BrO2P. The summed E-state index contributed by atoms with van der Waals surface area (Å²) in [5.41, 5.74) is 1.06. The molecule has 0 atom stereocenters. The molecule has 0 bridgehead atoms. The summed E-state index contributed by atoms with van der Waals surface area (Å²) in [7, 11) is -2.02. The highest BCUT2D eigenvalue weighted by molar-refractivity contribution is 9.10. The van der Waals surface area contributed by atoms with Crippen LogP contribution >= 0.6 is 23.1 Å². The van der Waals surface area contributed by atoms with Crippen LogP contribution in [0.3, 0.4) is 0 Å². The minimum Gasteiger partial charge on any atom is -0.494 e. The Morgan fingerprint density at radius 1 is 1.33 bits per heavy atom. The maximum absolute atomic E-state index is 11.7. The van der Waals surface area contributed by atoms with E-state index >= 15 is 0 Å². The van der Waals surface area contributed by atoms with Crippen molar-refractivity contribution in [1.29, 1.82) is 0 Å². The quantitative estimate of drug-likeness (QED) is 0.785. The molecule has 1 aromatic carbocycles. The molecule has 4 heteroatoms. The molecule has 0 saturated carbocycles. The van der Waals surface area contributed by atoms with Gasteiger partial charge in [-0.25, -0.2) is 0 Å². The van der Waals surface area contributed by atoms with Crippen molar-refractivity contribution in [2.24, 2.45) is 0 Å². The molecule has 0 fully saturated rings. The first-order valence-electron chi connectivity index (χ1n) is 4.87. The van der Waals surface area contributed by atoms with E-state index in [-0.39, 0.29) is 0 Å². The van der Waals surface area contributed by atoms with Crippen molar-refractivity contribution in [3.63, 3.8) is 0 Å². The van der Waals surface area contributed by atoms with Gasteiger partial charge in [-0.2, -0.15) is 0 Å². The summed E-state index contributed by atoms with van der Waals surface area (Å²) >= 11 is 3.42. The third kappa shape index (κ3) is 4.85. The molecule has 2 nitrogen and oxygen atoms in total. The Morgan fingerprint density at radius 3 is 2.53 bits per heavy atom. The van der Waals surface area contributed by atoms with Crippen molar-refractivity contribution in [2.45, 2.75) is 13.1 Å². The predicted molar refractivity (Wildman–Crippen MR) is 68.5 cm³/mol. The second-order valence-corrected chi connectivity index (χ2v) is 8.34. The lowest BCUT2D eigenvalue weighted by molar-refractivity contribution is 0.340. The zero-order chi connectivity index (χ0) is 11.5. The minimum atomic E-state index is -2.02. The summed E-state index contributed by atoms with van der Waals surface area (Å²) < 4.78 is 18.1. The Bertz CT molecular complexity index is 384. The van der Waals surface area contributed by atoms with Gasteiger partial charge in [-0.15, -0.1) is 0 Å². The highest BCUT2D eigenvalue weighted by Gasteiger charge is 2.10. The second kappa shape index (κ2) is 5.18. The predicted octanol–water partition coefficient (Wildman–Crippen LogP) is 3.97. The number of ether oxygens (including phenoxy) is 1. The van der Waals surface area contributed by atoms with Crippen LogP contribution < -0.4 is 4.74 Å². The zero-order valence-electron chi connectivity index (χ0n) is 9.29. The first kappa shape index (κ1) is 12.8. The Hall–Kier alpha value is -0.270. The lowest BCUT2D eigenvalue weighted by Gasteiger charge is -2.10. The van der Waals surface area contributed by atoms with Crippen molar-refractivity contribution in [3.05, 3.63) is 28.2 Å². The number of halogens is 1. The Kier molecular flexibility index (Phi) is 4.42. The first-order valence-corrected chi connectivity index (χ1v) is 8.45. The Morgan fingerprint density at radius 2 is 2.00 bits per heavy atom. The molecule has 0 aliphatic carbocycles. The lowest BCUT2D eigenvalue weighted by Crippen LogP contribution is -1.93. The molecule has 0 spiro atoms. The second-order valence-electron chi connectivity index (χ2n) is 3.96. The normalized spacial score (nSPS) is 11.5. The number of hydrogen-bond acceptors (Lipinski definition) is 2. The monoisotopic (exact) mass is 290 g/mol. The van der Waals surface area contributed by atoms with Crippen molar-refractivity contribution in [2.75, 3.05) is 19.9 Å². The van der Waals surface area contributed by atoms with Crippen molar-refractivity contribution < 1.29 is 9.30 Å². The van der Waals surface area contributed by atoms with E-state index in [4.69, 9.17) is 4.74 Å². The van der Waals surface area contributed by atoms with Crippen molar-refractivity contribution >= 4 is 23.1 Å². The summed E-state index contributed by atoms with van der Waals surface area (Å²) in [6.07, 6.45) is 0.618. The van der Waals surface area contributed by atoms with E-state index < -0.39 is 7.14 Å². The van der Waals surface area contributed by atoms with Crippen LogP contribution in [0.1, 0.15) is 12.5 Å². The molecule has 0 saturated heterocycles. The van der Waals surface area contributed by atoms with Gasteiger partial charge in [-0.1, -0.05) is 15.9 Å². The molecule has 84 valence electrons. The summed E-state index contributed by atoms with van der Waals surface area (Å²) in [5.74, 6) is 0.829. The molecule has 15 heavy (non-hydrogen) atoms. The van der Waals surface area contributed by atoms with E-state index in [2.05, 4.69) is 15.9 Å². The van der Waals surface area contributed by atoms with Gasteiger partial charge in [-0.3, -0.25) is 0 Å². The van der Waals surface area contributed by atoms with Crippen LogP contribution in [0.15, 0.2) is 22.7 Å². The van der Waals surface area contributed by atoms with Gasteiger partial charge in [0.2, 0.25) is 0 Å². The zero-order valence-corrected chi connectivity index (χ0v) is 11.8. The fourth-order valence-electron chi connectivity index (χ4n) is 1.40. The molecule has 1 rings (SSSR count). The molecule has 0 aliphatic heterocycles. The van der Waals surface area contributed by atoms with Crippen LogP contribution in [0.5, 0.6) is 5.75 Å². The summed E-state index contributed by atoms with van der Waals surface area (Å²) in [6.45, 7) is 6.19. The first-order chi connectivity index (χ1) is 6.90. The van der Waals surface area contributed by atoms with Gasteiger partial charge in [-0.05, 0) is 44.0 Å². The molecule has 0 aromatic heterocycles. The van der Waals surface area contributed by atoms with Crippen LogP contribution in [0, 0.1) is 0 Å². The van der Waals surface area contributed by atoms with E-state index in [0.29, 0.717) is 12.8 Å². The Labute approximate surface area is 99.5 Å². The molecule has 0 radical (unpaired) electrons. The van der Waals surface area contributed by atoms with Gasteiger partial charge < -0.3 is 9.30 Å². The highest BCUT2D eigenvalue weighted by Crippen LogP contribution is 2.41. The largest absolute Gasteiger partial charge is 0.494 e. The van der Waals surface area contributed by atoms with Crippen LogP contribution in [0.4, 0.5) is 0 Å². The molecule has 0 unspecified atom stereocenters. The standard InChI is InChI=1S/C11H16BrO2P/c1-4-14-11-6-9(5-10(12)7-11)8-15(2,3)13/h5-7H,4,8H2,1-3H3. The van der Waals surface area contributed by atoms with Gasteiger partial charge in [0.1, 0.15) is 5.75 Å². The van der Waals surface area contributed by atoms with Gasteiger partial charge >= 0.3 is 0 Å². The summed E-state index contributed by atoms with van der Waals surface area (Å²) in [4.78, 5) is 0. The number of rotatable bonds is 4. The fourth-order valence-corrected chi connectivity index (χ4v) is 2.98. The maximum Gasteiger partial charge on any atom is 0.120 e. The lowest BCUT2D eigenvalue weighted by atomic mass is 10.2. The van der Waals surface area contributed by atoms with Gasteiger partial charge in [0, 0.05) is 10.6 Å². The molecule has 0 aliphatic rings. The minimum absolute atomic E-state index is 0.618. The molecule has 1 aromatic rings. The topological polar surface area (TPSA) is 26.3 Å². The van der Waals surface area contributed by atoms with Crippen LogP contribution in [0.2, 0.25) is 0 Å². The third-order valence-corrected chi connectivity index (χ3v) is 3.39. The van der Waals surface area contributed by atoms with E-state index in [1.165, 1.54) is 0 Å². The number of hydrogen-bond donors (Lipinski definition) is 0. The average molecular weight is 291 g/mol. The smallest absolute Gasteiger partial charge is 0.120 e. The van der Waals surface area contributed by atoms with E-state index in [9.17, 15) is 4.57 Å². The van der Waals surface area contributed by atoms with Gasteiger partial charge in [0.05, 0.1) is 13.7 Å². The van der Waals surface area contributed by atoms with Crippen LogP contribution in [-0.2, 0) is 10.7 Å². The SMILES string of the molecule is CCOc1cc(Br)cc(CP(C)(C)=O)c1. The third-order valence-electron chi connectivity index (χ3n) is 1.81. The fraction of sp³-hybridized carbons (Fsp3) is 0.455. The Balaban J connectivity index is 2.93. The molecule has 0 heterocycles. The maximum atomic E-state index is 11.7. The van der Waals surface area contributed by atoms with Crippen LogP contribution in [-0.4, -0.2) is 19.9 Å². The highest BCUT2D eigenvalue weighted by atomic mass is 79.9. The summed E-state index contributed by atoms with van der Waals surface area (Å²) in [6, 6.07) is 5.86. The van der Waals surface area contributed by atoms with Gasteiger partial charge in [0.15, 0.2) is 0 Å². The van der Waals surface area contributed by atoms with E-state index in [1.54, 1.807) is 13.3 Å².